The van der Waals surface area contributed by atoms with Crippen LogP contribution in [0.3, 0.4) is 0 Å². The van der Waals surface area contributed by atoms with Crippen molar-refractivity contribution in [2.24, 2.45) is 5.73 Å². The molecule has 0 fully saturated rings. The second-order valence-electron chi connectivity index (χ2n) is 4.20. The van der Waals surface area contributed by atoms with E-state index in [0.29, 0.717) is 6.54 Å². The van der Waals surface area contributed by atoms with Crippen LogP contribution in [-0.4, -0.2) is 8.42 Å². The van der Waals surface area contributed by atoms with Crippen molar-refractivity contribution in [1.29, 1.82) is 0 Å². The fourth-order valence-electron chi connectivity index (χ4n) is 1.64. The van der Waals surface area contributed by atoms with E-state index in [2.05, 4.69) is 20.7 Å². The van der Waals surface area contributed by atoms with Gasteiger partial charge in [0.25, 0.3) is 10.0 Å². The van der Waals surface area contributed by atoms with Crippen molar-refractivity contribution < 1.29 is 12.8 Å². The van der Waals surface area contributed by atoms with Gasteiger partial charge in [0, 0.05) is 11.0 Å². The molecule has 2 aromatic carbocycles. The zero-order chi connectivity index (χ0) is 15.6. The molecule has 112 valence electrons. The topological polar surface area (TPSA) is 72.2 Å². The summed E-state index contributed by atoms with van der Waals surface area (Å²) in [4.78, 5) is 0.0620. The van der Waals surface area contributed by atoms with Gasteiger partial charge in [-0.1, -0.05) is 23.7 Å². The average molecular weight is 394 g/mol. The molecule has 0 atom stereocenters. The van der Waals surface area contributed by atoms with Gasteiger partial charge >= 0.3 is 0 Å². The maximum Gasteiger partial charge on any atom is 0.261 e. The third-order valence-corrected chi connectivity index (χ3v) is 5.00. The highest BCUT2D eigenvalue weighted by Crippen LogP contribution is 2.33. The second-order valence-corrected chi connectivity index (χ2v) is 7.14. The summed E-state index contributed by atoms with van der Waals surface area (Å²) in [6.45, 7) is 0.323. The highest BCUT2D eigenvalue weighted by molar-refractivity contribution is 9.10. The molecule has 0 saturated heterocycles. The number of hydrogen-bond donors (Lipinski definition) is 2. The molecule has 0 aromatic heterocycles. The number of hydrogen-bond acceptors (Lipinski definition) is 3. The molecular formula is C13H11BrClFN2O2S. The summed E-state index contributed by atoms with van der Waals surface area (Å²) in [6.07, 6.45) is 0. The number of halogens is 3. The predicted octanol–water partition coefficient (Wildman–Crippen LogP) is 3.50. The van der Waals surface area contributed by atoms with Crippen molar-refractivity contribution in [3.8, 4) is 0 Å². The average Bonchev–Trinajstić information content (AvgIpc) is 2.43. The standard InChI is InChI=1S/C13H11BrClFN2O2S/c14-11-5-9(16)6-12(15)13(11)18-21(19,20)10-3-1-8(7-17)2-4-10/h1-6,18H,7,17H2. The van der Waals surface area contributed by atoms with Crippen LogP contribution in [0.1, 0.15) is 5.56 Å². The molecule has 0 bridgehead atoms. The molecule has 2 rings (SSSR count). The summed E-state index contributed by atoms with van der Waals surface area (Å²) in [5, 5.41) is -0.0379. The number of anilines is 1. The molecule has 0 aliphatic rings. The first-order valence-electron chi connectivity index (χ1n) is 5.80. The lowest BCUT2D eigenvalue weighted by molar-refractivity contribution is 0.601. The Labute approximate surface area is 135 Å². The van der Waals surface area contributed by atoms with Crippen LogP contribution in [0.15, 0.2) is 45.8 Å². The van der Waals surface area contributed by atoms with Gasteiger partial charge in [-0.2, -0.15) is 0 Å². The number of nitrogens with one attached hydrogen (secondary N) is 1. The van der Waals surface area contributed by atoms with Gasteiger partial charge in [0.05, 0.1) is 15.6 Å². The van der Waals surface area contributed by atoms with Gasteiger partial charge in [-0.05, 0) is 45.8 Å². The SMILES string of the molecule is NCc1ccc(S(=O)(=O)Nc2c(Cl)cc(F)cc2Br)cc1. The van der Waals surface area contributed by atoms with Crippen molar-refractivity contribution in [3.63, 3.8) is 0 Å². The normalized spacial score (nSPS) is 11.4. The highest BCUT2D eigenvalue weighted by atomic mass is 79.9. The molecule has 0 spiro atoms. The first kappa shape index (κ1) is 16.2. The van der Waals surface area contributed by atoms with Crippen molar-refractivity contribution in [1.82, 2.24) is 0 Å². The van der Waals surface area contributed by atoms with Crippen molar-refractivity contribution in [3.05, 3.63) is 57.3 Å². The molecule has 0 aliphatic carbocycles. The molecule has 0 unspecified atom stereocenters. The van der Waals surface area contributed by atoms with Crippen LogP contribution in [0.25, 0.3) is 0 Å². The van der Waals surface area contributed by atoms with Gasteiger partial charge in [-0.3, -0.25) is 4.72 Å². The quantitative estimate of drug-likeness (QED) is 0.835. The fraction of sp³-hybridized carbons (Fsp3) is 0.0769. The summed E-state index contributed by atoms with van der Waals surface area (Å²) < 4.78 is 40.2. The second kappa shape index (κ2) is 6.31. The number of sulfonamides is 1. The van der Waals surface area contributed by atoms with E-state index in [0.717, 1.165) is 17.7 Å². The van der Waals surface area contributed by atoms with Gasteiger partial charge in [0.15, 0.2) is 0 Å². The molecule has 0 saturated carbocycles. The van der Waals surface area contributed by atoms with E-state index in [-0.39, 0.29) is 20.1 Å². The minimum Gasteiger partial charge on any atom is -0.326 e. The first-order valence-corrected chi connectivity index (χ1v) is 8.45. The molecule has 0 radical (unpaired) electrons. The van der Waals surface area contributed by atoms with E-state index in [1.807, 2.05) is 0 Å². The number of rotatable bonds is 4. The highest BCUT2D eigenvalue weighted by Gasteiger charge is 2.18. The number of nitrogens with two attached hydrogens (primary N) is 1. The summed E-state index contributed by atoms with van der Waals surface area (Å²) >= 11 is 8.94. The summed E-state index contributed by atoms with van der Waals surface area (Å²) in [5.74, 6) is -0.567. The molecule has 0 amide bonds. The van der Waals surface area contributed by atoms with Gasteiger partial charge in [-0.25, -0.2) is 12.8 Å². The Bertz CT molecular complexity index is 743. The van der Waals surface area contributed by atoms with Gasteiger partial charge in [0.2, 0.25) is 0 Å². The molecule has 8 heteroatoms. The zero-order valence-electron chi connectivity index (χ0n) is 10.6. The van der Waals surface area contributed by atoms with Crippen molar-refractivity contribution >= 4 is 43.2 Å². The monoisotopic (exact) mass is 392 g/mol. The largest absolute Gasteiger partial charge is 0.326 e. The van der Waals surface area contributed by atoms with E-state index in [9.17, 15) is 12.8 Å². The van der Waals surface area contributed by atoms with Gasteiger partial charge in [-0.15, -0.1) is 0 Å². The van der Waals surface area contributed by atoms with Crippen LogP contribution in [0.5, 0.6) is 0 Å². The Morgan fingerprint density at radius 3 is 2.38 bits per heavy atom. The summed E-state index contributed by atoms with van der Waals surface area (Å²) in [6, 6.07) is 8.28. The van der Waals surface area contributed by atoms with E-state index in [1.165, 1.54) is 12.1 Å². The van der Waals surface area contributed by atoms with Crippen LogP contribution in [0.4, 0.5) is 10.1 Å². The van der Waals surface area contributed by atoms with E-state index in [1.54, 1.807) is 12.1 Å². The Balaban J connectivity index is 2.37. The third kappa shape index (κ3) is 3.74. The Morgan fingerprint density at radius 1 is 1.24 bits per heavy atom. The molecule has 2 aromatic rings. The fourth-order valence-corrected chi connectivity index (χ4v) is 3.82. The number of benzene rings is 2. The van der Waals surface area contributed by atoms with E-state index in [4.69, 9.17) is 17.3 Å². The molecular weight excluding hydrogens is 383 g/mol. The van der Waals surface area contributed by atoms with Gasteiger partial charge in [0.1, 0.15) is 5.82 Å². The van der Waals surface area contributed by atoms with Crippen LogP contribution in [0.2, 0.25) is 5.02 Å². The first-order chi connectivity index (χ1) is 9.83. The molecule has 4 nitrogen and oxygen atoms in total. The Morgan fingerprint density at radius 2 is 1.86 bits per heavy atom. The minimum atomic E-state index is -3.82. The third-order valence-electron chi connectivity index (χ3n) is 2.71. The molecule has 3 N–H and O–H groups in total. The van der Waals surface area contributed by atoms with E-state index < -0.39 is 15.8 Å². The lowest BCUT2D eigenvalue weighted by Crippen LogP contribution is -2.14. The van der Waals surface area contributed by atoms with Crippen LogP contribution in [0, 0.1) is 5.82 Å². The lowest BCUT2D eigenvalue weighted by atomic mass is 10.2. The summed E-state index contributed by atoms with van der Waals surface area (Å²) in [7, 11) is -3.82. The Kier molecular flexibility index (Phi) is 4.88. The smallest absolute Gasteiger partial charge is 0.261 e. The molecule has 0 heterocycles. The lowest BCUT2D eigenvalue weighted by Gasteiger charge is -2.12. The van der Waals surface area contributed by atoms with Crippen LogP contribution in [-0.2, 0) is 16.6 Å². The van der Waals surface area contributed by atoms with E-state index >= 15 is 0 Å². The maximum atomic E-state index is 13.1. The molecule has 0 aliphatic heterocycles. The summed E-state index contributed by atoms with van der Waals surface area (Å²) in [5.41, 5.74) is 6.36. The predicted molar refractivity (Wildman–Crippen MR) is 84.3 cm³/mol. The van der Waals surface area contributed by atoms with Crippen LogP contribution < -0.4 is 10.5 Å². The maximum absolute atomic E-state index is 13.1. The minimum absolute atomic E-state index is 0.0379. The van der Waals surface area contributed by atoms with Crippen LogP contribution >= 0.6 is 27.5 Å². The van der Waals surface area contributed by atoms with Gasteiger partial charge < -0.3 is 5.73 Å². The Hall–Kier alpha value is -1.15. The van der Waals surface area contributed by atoms with Crippen molar-refractivity contribution in [2.75, 3.05) is 4.72 Å². The molecule has 21 heavy (non-hydrogen) atoms. The van der Waals surface area contributed by atoms with Crippen molar-refractivity contribution in [2.45, 2.75) is 11.4 Å². The zero-order valence-corrected chi connectivity index (χ0v) is 13.8.